The third kappa shape index (κ3) is 6.75. The zero-order valence-electron chi connectivity index (χ0n) is 17.6. The number of carboxylic acid groups (broad SMARTS) is 1. The Hall–Kier alpha value is -1.11. The summed E-state index contributed by atoms with van der Waals surface area (Å²) in [6.07, 6.45) is 7.22. The van der Waals surface area contributed by atoms with Crippen molar-refractivity contribution < 1.29 is 29.6 Å². The second-order valence-electron chi connectivity index (χ2n) is 9.16. The van der Waals surface area contributed by atoms with Crippen LogP contribution in [0.1, 0.15) is 78.6 Å². The summed E-state index contributed by atoms with van der Waals surface area (Å²) >= 11 is 0. The summed E-state index contributed by atoms with van der Waals surface area (Å²) < 4.78 is 11.7. The second-order valence-corrected chi connectivity index (χ2v) is 9.16. The average Bonchev–Trinajstić information content (AvgIpc) is 2.93. The van der Waals surface area contributed by atoms with Crippen molar-refractivity contribution in [2.45, 2.75) is 97.1 Å². The molecule has 28 heavy (non-hydrogen) atoms. The van der Waals surface area contributed by atoms with Crippen LogP contribution in [-0.4, -0.2) is 46.4 Å². The van der Waals surface area contributed by atoms with E-state index in [1.165, 1.54) is 0 Å². The van der Waals surface area contributed by atoms with Gasteiger partial charge in [-0.05, 0) is 43.6 Å². The van der Waals surface area contributed by atoms with Gasteiger partial charge in [0.05, 0.1) is 24.4 Å². The van der Waals surface area contributed by atoms with Gasteiger partial charge in [0.25, 0.3) is 0 Å². The highest BCUT2D eigenvalue weighted by Crippen LogP contribution is 2.42. The van der Waals surface area contributed by atoms with Crippen molar-refractivity contribution in [3.05, 3.63) is 11.8 Å². The molecule has 0 aromatic rings. The standard InChI is InChI=1S/C22H38O6/c1-4-5-10-22(2,3)11-9-16(23)21-15(13-19(25)26)17(24)14-18(21)28-20-8-6-7-12-27-20/h9,15,17-18,20-21,23-24H,4-8,10-14H2,1-3H3,(H,25,26)/t15-,17-,18+,20?,21-/m0/s1. The molecule has 0 amide bonds. The molecule has 2 fully saturated rings. The van der Waals surface area contributed by atoms with Gasteiger partial charge >= 0.3 is 5.97 Å². The number of hydrogen-bond acceptors (Lipinski definition) is 5. The molecular formula is C22H38O6. The summed E-state index contributed by atoms with van der Waals surface area (Å²) in [5.74, 6) is -1.90. The molecule has 0 aromatic carbocycles. The van der Waals surface area contributed by atoms with Gasteiger partial charge in [0.15, 0.2) is 6.29 Å². The fourth-order valence-electron chi connectivity index (χ4n) is 4.38. The van der Waals surface area contributed by atoms with Crippen molar-refractivity contribution >= 4 is 5.97 Å². The SMILES string of the molecule is CCCCC(C)(C)CC=C(O)[C@@H]1[C@@H](CC(=O)O)[C@@H](O)C[C@H]1OC1CCCCO1. The smallest absolute Gasteiger partial charge is 0.303 e. The van der Waals surface area contributed by atoms with Gasteiger partial charge in [-0.15, -0.1) is 0 Å². The third-order valence-electron chi connectivity index (χ3n) is 6.12. The number of aliphatic hydroxyl groups excluding tert-OH is 2. The van der Waals surface area contributed by atoms with E-state index in [9.17, 15) is 20.1 Å². The Morgan fingerprint density at radius 1 is 1.29 bits per heavy atom. The molecule has 1 aliphatic carbocycles. The van der Waals surface area contributed by atoms with Crippen LogP contribution in [0.5, 0.6) is 0 Å². The fraction of sp³-hybridized carbons (Fsp3) is 0.864. The molecule has 6 heteroatoms. The minimum atomic E-state index is -0.973. The molecule has 2 rings (SSSR count). The molecule has 0 spiro atoms. The lowest BCUT2D eigenvalue weighted by atomic mass is 9.82. The number of rotatable bonds is 10. The summed E-state index contributed by atoms with van der Waals surface area (Å²) in [5.41, 5.74) is 0.0618. The normalized spacial score (nSPS) is 31.9. The summed E-state index contributed by atoms with van der Waals surface area (Å²) in [6.45, 7) is 7.16. The topological polar surface area (TPSA) is 96.2 Å². The van der Waals surface area contributed by atoms with Crippen molar-refractivity contribution in [3.8, 4) is 0 Å². The van der Waals surface area contributed by atoms with Crippen molar-refractivity contribution in [3.63, 3.8) is 0 Å². The maximum absolute atomic E-state index is 11.3. The first-order valence-electron chi connectivity index (χ1n) is 10.8. The van der Waals surface area contributed by atoms with Gasteiger partial charge in [0, 0.05) is 24.9 Å². The molecule has 162 valence electrons. The maximum Gasteiger partial charge on any atom is 0.303 e. The van der Waals surface area contributed by atoms with E-state index in [4.69, 9.17) is 9.47 Å². The van der Waals surface area contributed by atoms with Gasteiger partial charge in [-0.1, -0.05) is 33.6 Å². The molecule has 0 aromatic heterocycles. The Morgan fingerprint density at radius 2 is 2.04 bits per heavy atom. The molecule has 1 aliphatic heterocycles. The van der Waals surface area contributed by atoms with Crippen LogP contribution in [-0.2, 0) is 14.3 Å². The Morgan fingerprint density at radius 3 is 2.64 bits per heavy atom. The van der Waals surface area contributed by atoms with E-state index in [1.807, 2.05) is 6.08 Å². The Kier molecular flexibility index (Phi) is 8.78. The van der Waals surface area contributed by atoms with Crippen LogP contribution in [0.2, 0.25) is 0 Å². The molecule has 3 N–H and O–H groups in total. The first-order chi connectivity index (χ1) is 13.2. The van der Waals surface area contributed by atoms with Crippen LogP contribution in [0.3, 0.4) is 0 Å². The lowest BCUT2D eigenvalue weighted by molar-refractivity contribution is -0.195. The highest BCUT2D eigenvalue weighted by molar-refractivity contribution is 5.67. The predicted octanol–water partition coefficient (Wildman–Crippen LogP) is 4.42. The monoisotopic (exact) mass is 398 g/mol. The molecular weight excluding hydrogens is 360 g/mol. The second kappa shape index (κ2) is 10.6. The minimum Gasteiger partial charge on any atom is -0.512 e. The molecule has 2 aliphatic rings. The highest BCUT2D eigenvalue weighted by atomic mass is 16.7. The molecule has 0 bridgehead atoms. The number of carbonyl (C=O) groups is 1. The van der Waals surface area contributed by atoms with Crippen molar-refractivity contribution in [2.75, 3.05) is 6.61 Å². The first kappa shape index (κ1) is 23.2. The minimum absolute atomic E-state index is 0.0618. The predicted molar refractivity (Wildman–Crippen MR) is 107 cm³/mol. The summed E-state index contributed by atoms with van der Waals surface area (Å²) in [7, 11) is 0. The summed E-state index contributed by atoms with van der Waals surface area (Å²) in [5, 5.41) is 30.6. The van der Waals surface area contributed by atoms with Gasteiger partial charge < -0.3 is 24.8 Å². The number of aliphatic hydroxyl groups is 2. The summed E-state index contributed by atoms with van der Waals surface area (Å²) in [6, 6.07) is 0. The first-order valence-corrected chi connectivity index (χ1v) is 10.8. The number of ether oxygens (including phenoxy) is 2. The van der Waals surface area contributed by atoms with E-state index in [-0.39, 0.29) is 23.9 Å². The van der Waals surface area contributed by atoms with Crippen LogP contribution in [0.25, 0.3) is 0 Å². The number of aliphatic carboxylic acids is 1. The van der Waals surface area contributed by atoms with E-state index in [0.717, 1.165) is 38.5 Å². The van der Waals surface area contributed by atoms with Crippen LogP contribution in [0, 0.1) is 17.3 Å². The molecule has 1 unspecified atom stereocenters. The zero-order chi connectivity index (χ0) is 20.7. The Balaban J connectivity index is 2.13. The van der Waals surface area contributed by atoms with E-state index in [0.29, 0.717) is 19.4 Å². The largest absolute Gasteiger partial charge is 0.512 e. The number of hydrogen-bond donors (Lipinski definition) is 3. The third-order valence-corrected chi connectivity index (χ3v) is 6.12. The number of unbranched alkanes of at least 4 members (excludes halogenated alkanes) is 1. The van der Waals surface area contributed by atoms with Crippen LogP contribution in [0.15, 0.2) is 11.8 Å². The molecule has 1 heterocycles. The summed E-state index contributed by atoms with van der Waals surface area (Å²) in [4.78, 5) is 11.3. The van der Waals surface area contributed by atoms with Gasteiger partial charge in [0.1, 0.15) is 0 Å². The molecule has 1 saturated carbocycles. The maximum atomic E-state index is 11.3. The number of carboxylic acids is 1. The van der Waals surface area contributed by atoms with Crippen molar-refractivity contribution in [2.24, 2.45) is 17.3 Å². The Bertz CT molecular complexity index is 523. The van der Waals surface area contributed by atoms with Crippen LogP contribution in [0.4, 0.5) is 0 Å². The molecule has 1 saturated heterocycles. The quantitative estimate of drug-likeness (QED) is 0.472. The van der Waals surface area contributed by atoms with Crippen molar-refractivity contribution in [1.82, 2.24) is 0 Å². The lowest BCUT2D eigenvalue weighted by Crippen LogP contribution is -2.33. The van der Waals surface area contributed by atoms with Crippen molar-refractivity contribution in [1.29, 1.82) is 0 Å². The van der Waals surface area contributed by atoms with Gasteiger partial charge in [-0.25, -0.2) is 0 Å². The van der Waals surface area contributed by atoms with Gasteiger partial charge in [0.2, 0.25) is 0 Å². The average molecular weight is 399 g/mol. The fourth-order valence-corrected chi connectivity index (χ4v) is 4.38. The molecule has 5 atom stereocenters. The number of allylic oxidation sites excluding steroid dienone is 1. The van der Waals surface area contributed by atoms with E-state index >= 15 is 0 Å². The lowest BCUT2D eigenvalue weighted by Gasteiger charge is -2.30. The molecule has 6 nitrogen and oxygen atoms in total. The zero-order valence-corrected chi connectivity index (χ0v) is 17.6. The van der Waals surface area contributed by atoms with E-state index < -0.39 is 30.0 Å². The highest BCUT2D eigenvalue weighted by Gasteiger charge is 2.47. The van der Waals surface area contributed by atoms with Crippen LogP contribution >= 0.6 is 0 Å². The van der Waals surface area contributed by atoms with Gasteiger partial charge in [-0.3, -0.25) is 4.79 Å². The molecule has 0 radical (unpaired) electrons. The van der Waals surface area contributed by atoms with Gasteiger partial charge in [-0.2, -0.15) is 0 Å². The van der Waals surface area contributed by atoms with E-state index in [1.54, 1.807) is 0 Å². The Labute approximate surface area is 168 Å². The van der Waals surface area contributed by atoms with Crippen LogP contribution < -0.4 is 0 Å². The van der Waals surface area contributed by atoms with E-state index in [2.05, 4.69) is 20.8 Å².